The van der Waals surface area contributed by atoms with Crippen molar-refractivity contribution in [3.05, 3.63) is 48.2 Å². The van der Waals surface area contributed by atoms with E-state index < -0.39 is 36.7 Å². The standard InChI is InChI=1S/C34H46F3NO9/c1-6-7-8-10-23-16-31(47-34(35,36)37)32(38(23)21(4)5)30-15-22-12-13-24(17-29(22)46-30)45-19-28(42)27(41)18-26(40)25(39)11-9-14-44-33(43)20(2)3/h12-13,15-17,21,25-28,39-42H,2,6-11,14,18-19H2,1,3-5H3. The number of benzene rings is 1. The normalized spacial score (nSPS) is 14.6. The lowest BCUT2D eigenvalue weighted by Crippen LogP contribution is -2.38. The maximum Gasteiger partial charge on any atom is 0.573 e. The zero-order chi connectivity index (χ0) is 34.9. The third kappa shape index (κ3) is 11.0. The van der Waals surface area contributed by atoms with E-state index in [0.29, 0.717) is 23.1 Å². The van der Waals surface area contributed by atoms with Crippen LogP contribution in [0.5, 0.6) is 11.5 Å². The van der Waals surface area contributed by atoms with Gasteiger partial charge >= 0.3 is 12.3 Å². The highest BCUT2D eigenvalue weighted by Crippen LogP contribution is 2.42. The van der Waals surface area contributed by atoms with E-state index in [2.05, 4.69) is 18.2 Å². The smallest absolute Gasteiger partial charge is 0.491 e. The predicted octanol–water partition coefficient (Wildman–Crippen LogP) is 6.23. The molecule has 0 fully saturated rings. The lowest BCUT2D eigenvalue weighted by molar-refractivity contribution is -0.274. The number of aliphatic hydroxyl groups is 4. The molecule has 47 heavy (non-hydrogen) atoms. The van der Waals surface area contributed by atoms with E-state index in [9.17, 15) is 38.4 Å². The van der Waals surface area contributed by atoms with E-state index in [1.165, 1.54) is 19.1 Å². The van der Waals surface area contributed by atoms with E-state index in [1.807, 2.05) is 13.8 Å². The fourth-order valence-corrected chi connectivity index (χ4v) is 5.18. The number of hydrogen-bond donors (Lipinski definition) is 4. The van der Waals surface area contributed by atoms with Gasteiger partial charge in [-0.3, -0.25) is 0 Å². The van der Waals surface area contributed by atoms with E-state index in [4.69, 9.17) is 13.9 Å². The molecule has 0 spiro atoms. The monoisotopic (exact) mass is 669 g/mol. The second-order valence-electron chi connectivity index (χ2n) is 12.0. The number of unbranched alkanes of at least 4 members (excludes halogenated alkanes) is 2. The van der Waals surface area contributed by atoms with Crippen LogP contribution < -0.4 is 9.47 Å². The van der Waals surface area contributed by atoms with Crippen molar-refractivity contribution in [2.45, 2.75) is 109 Å². The van der Waals surface area contributed by atoms with Crippen molar-refractivity contribution in [3.63, 3.8) is 0 Å². The summed E-state index contributed by atoms with van der Waals surface area (Å²) < 4.78 is 63.1. The van der Waals surface area contributed by atoms with Gasteiger partial charge in [0, 0.05) is 41.2 Å². The first kappa shape index (κ1) is 37.9. The molecule has 1 aromatic carbocycles. The lowest BCUT2D eigenvalue weighted by Gasteiger charge is -2.23. The third-order valence-electron chi connectivity index (χ3n) is 7.60. The van der Waals surface area contributed by atoms with Crippen molar-refractivity contribution >= 4 is 16.9 Å². The number of rotatable bonds is 19. The van der Waals surface area contributed by atoms with Crippen LogP contribution in [-0.4, -0.2) is 75.0 Å². The van der Waals surface area contributed by atoms with Crippen LogP contribution in [0.3, 0.4) is 0 Å². The number of aryl methyl sites for hydroxylation is 1. The van der Waals surface area contributed by atoms with E-state index >= 15 is 0 Å². The van der Waals surface area contributed by atoms with Gasteiger partial charge in [0.15, 0.2) is 11.5 Å². The Balaban J connectivity index is 1.68. The maximum atomic E-state index is 13.4. The molecule has 0 bridgehead atoms. The number of furan rings is 1. The van der Waals surface area contributed by atoms with Gasteiger partial charge in [-0.25, -0.2) is 4.79 Å². The summed E-state index contributed by atoms with van der Waals surface area (Å²) in [5, 5.41) is 41.8. The molecule has 0 amide bonds. The molecule has 3 aromatic rings. The maximum absolute atomic E-state index is 13.4. The van der Waals surface area contributed by atoms with Gasteiger partial charge in [0.25, 0.3) is 0 Å². The Morgan fingerprint density at radius 3 is 2.34 bits per heavy atom. The Labute approximate surface area is 272 Å². The predicted molar refractivity (Wildman–Crippen MR) is 169 cm³/mol. The van der Waals surface area contributed by atoms with Crippen molar-refractivity contribution in [2.24, 2.45) is 0 Å². The minimum absolute atomic E-state index is 0.0308. The molecule has 0 saturated carbocycles. The number of esters is 1. The highest BCUT2D eigenvalue weighted by molar-refractivity contribution is 5.87. The van der Waals surface area contributed by atoms with Crippen molar-refractivity contribution < 1.29 is 57.0 Å². The molecule has 3 rings (SSSR count). The summed E-state index contributed by atoms with van der Waals surface area (Å²) >= 11 is 0. The van der Waals surface area contributed by atoms with Crippen LogP contribution >= 0.6 is 0 Å². The summed E-state index contributed by atoms with van der Waals surface area (Å²) in [7, 11) is 0. The van der Waals surface area contributed by atoms with Crippen LogP contribution in [0.4, 0.5) is 13.2 Å². The summed E-state index contributed by atoms with van der Waals surface area (Å²) in [5.74, 6) is -0.448. The molecule has 0 saturated heterocycles. The summed E-state index contributed by atoms with van der Waals surface area (Å²) in [6, 6.07) is 7.63. The first-order chi connectivity index (χ1) is 22.1. The van der Waals surface area contributed by atoms with E-state index in [0.717, 1.165) is 19.3 Å². The lowest BCUT2D eigenvalue weighted by atomic mass is 10.0. The van der Waals surface area contributed by atoms with Gasteiger partial charge in [-0.05, 0) is 64.7 Å². The number of carbonyl (C=O) groups is 1. The first-order valence-corrected chi connectivity index (χ1v) is 15.8. The molecule has 262 valence electrons. The molecule has 4 N–H and O–H groups in total. The molecular weight excluding hydrogens is 623 g/mol. The Kier molecular flexibility index (Phi) is 13.8. The van der Waals surface area contributed by atoms with Crippen molar-refractivity contribution in [3.8, 4) is 23.0 Å². The highest BCUT2D eigenvalue weighted by atomic mass is 19.4. The summed E-state index contributed by atoms with van der Waals surface area (Å²) in [5.41, 5.74) is 1.45. The third-order valence-corrected chi connectivity index (χ3v) is 7.60. The molecule has 0 aliphatic heterocycles. The fraction of sp³-hybridized carbons (Fsp3) is 0.559. The molecule has 0 radical (unpaired) electrons. The number of aromatic nitrogens is 1. The van der Waals surface area contributed by atoms with E-state index in [-0.39, 0.29) is 67.0 Å². The van der Waals surface area contributed by atoms with Gasteiger partial charge in [0.2, 0.25) is 0 Å². The average Bonchev–Trinajstić information content (AvgIpc) is 3.57. The molecule has 2 aromatic heterocycles. The molecule has 2 heterocycles. The topological polar surface area (TPSA) is 144 Å². The number of fused-ring (bicyclic) bond motifs is 1. The molecule has 0 aliphatic rings. The van der Waals surface area contributed by atoms with Crippen molar-refractivity contribution in [2.75, 3.05) is 13.2 Å². The van der Waals surface area contributed by atoms with E-state index in [1.54, 1.807) is 22.8 Å². The molecular formula is C34H46F3NO9. The summed E-state index contributed by atoms with van der Waals surface area (Å²) in [6.45, 7) is 10.5. The van der Waals surface area contributed by atoms with Crippen LogP contribution in [0.1, 0.15) is 78.0 Å². The van der Waals surface area contributed by atoms with Crippen LogP contribution in [0.25, 0.3) is 22.4 Å². The number of carbonyl (C=O) groups excluding carboxylic acids is 1. The van der Waals surface area contributed by atoms with Gasteiger partial charge < -0.3 is 43.6 Å². The van der Waals surface area contributed by atoms with Crippen LogP contribution in [0.15, 0.2) is 46.9 Å². The van der Waals surface area contributed by atoms with Crippen LogP contribution in [-0.2, 0) is 16.0 Å². The number of alkyl halides is 3. The quantitative estimate of drug-likeness (QED) is 0.0664. The molecule has 4 atom stereocenters. The highest BCUT2D eigenvalue weighted by Gasteiger charge is 2.35. The Morgan fingerprint density at radius 1 is 1.00 bits per heavy atom. The summed E-state index contributed by atoms with van der Waals surface area (Å²) in [4.78, 5) is 11.4. The number of nitrogens with zero attached hydrogens (tertiary/aromatic N) is 1. The zero-order valence-corrected chi connectivity index (χ0v) is 27.3. The molecule has 13 heteroatoms. The minimum Gasteiger partial charge on any atom is -0.491 e. The van der Waals surface area contributed by atoms with Gasteiger partial charge in [0.1, 0.15) is 29.7 Å². The zero-order valence-electron chi connectivity index (χ0n) is 27.3. The van der Waals surface area contributed by atoms with Gasteiger partial charge in [-0.1, -0.05) is 26.3 Å². The molecule has 0 aliphatic carbocycles. The second-order valence-corrected chi connectivity index (χ2v) is 12.0. The van der Waals surface area contributed by atoms with Gasteiger partial charge in [-0.15, -0.1) is 13.2 Å². The van der Waals surface area contributed by atoms with Gasteiger partial charge in [0.05, 0.1) is 24.9 Å². The first-order valence-electron chi connectivity index (χ1n) is 15.8. The number of hydrogen-bond acceptors (Lipinski definition) is 9. The number of halogens is 3. The van der Waals surface area contributed by atoms with Crippen LogP contribution in [0.2, 0.25) is 0 Å². The SMILES string of the molecule is C=C(C)C(=O)OCCCC(O)C(O)CC(O)C(O)COc1ccc2cc(-c3c(OC(F)(F)F)cc(CCCCC)n3C(C)C)oc2c1. The van der Waals surface area contributed by atoms with Crippen LogP contribution in [0, 0.1) is 0 Å². The fourth-order valence-electron chi connectivity index (χ4n) is 5.18. The Bertz CT molecular complexity index is 1460. The minimum atomic E-state index is -4.90. The van der Waals surface area contributed by atoms with Crippen molar-refractivity contribution in [1.29, 1.82) is 0 Å². The van der Waals surface area contributed by atoms with Gasteiger partial charge in [-0.2, -0.15) is 0 Å². The molecule has 4 unspecified atom stereocenters. The Morgan fingerprint density at radius 2 is 1.70 bits per heavy atom. The molecule has 10 nitrogen and oxygen atoms in total. The number of aliphatic hydroxyl groups excluding tert-OH is 4. The largest absolute Gasteiger partial charge is 0.573 e. The average molecular weight is 670 g/mol. The van der Waals surface area contributed by atoms with Crippen molar-refractivity contribution in [1.82, 2.24) is 4.57 Å². The second kappa shape index (κ2) is 17.0. The summed E-state index contributed by atoms with van der Waals surface area (Å²) in [6.07, 6.45) is -6.98. The Hall–Kier alpha value is -3.52. The number of ether oxygens (including phenoxy) is 3.